The van der Waals surface area contributed by atoms with E-state index < -0.39 is 4.92 Å². The van der Waals surface area contributed by atoms with Gasteiger partial charge in [-0.25, -0.2) is 0 Å². The van der Waals surface area contributed by atoms with Crippen molar-refractivity contribution in [3.8, 4) is 5.75 Å². The van der Waals surface area contributed by atoms with Crippen molar-refractivity contribution >= 4 is 17.3 Å². The number of phenolic OH excluding ortho intramolecular Hbond substituents is 1. The number of fused-ring (bicyclic) bond motifs is 3. The molecule has 0 bridgehead atoms. The van der Waals surface area contributed by atoms with Crippen LogP contribution in [0.15, 0.2) is 48.6 Å². The zero-order valence-electron chi connectivity index (χ0n) is 16.8. The fourth-order valence-corrected chi connectivity index (χ4v) is 4.50. The minimum Gasteiger partial charge on any atom is -0.508 e. The number of allylic oxidation sites excluding steroid dienone is 2. The van der Waals surface area contributed by atoms with Crippen LogP contribution in [-0.4, -0.2) is 22.5 Å². The molecule has 0 spiro atoms. The van der Waals surface area contributed by atoms with Crippen molar-refractivity contribution in [1.29, 1.82) is 0 Å². The first-order valence-corrected chi connectivity index (χ1v) is 10.3. The molecule has 0 saturated heterocycles. The standard InChI is InChI=1S/C23H25N3O4/c1-2-3-12-24-23(28)18-9-5-8-16-15-6-4-7-17(15)22(25-21(16)18)19-13-14(26(29)30)10-11-20(19)27/h4-6,8-11,13,15,17,22,25,27H,2-3,7,12H2,1H3,(H,24,28). The minimum atomic E-state index is -0.462. The van der Waals surface area contributed by atoms with E-state index in [4.69, 9.17) is 0 Å². The Kier molecular flexibility index (Phi) is 5.44. The number of unbranched alkanes of at least 4 members (excludes halogenated alkanes) is 1. The second kappa shape index (κ2) is 8.18. The summed E-state index contributed by atoms with van der Waals surface area (Å²) in [5, 5.41) is 28.2. The van der Waals surface area contributed by atoms with Gasteiger partial charge in [-0.05, 0) is 36.5 Å². The number of nitrogens with zero attached hydrogens (tertiary/aromatic N) is 1. The number of carbonyl (C=O) groups is 1. The number of nitrogens with one attached hydrogen (secondary N) is 2. The summed E-state index contributed by atoms with van der Waals surface area (Å²) in [5.41, 5.74) is 2.74. The molecule has 3 atom stereocenters. The van der Waals surface area contributed by atoms with E-state index in [1.807, 2.05) is 12.1 Å². The molecule has 30 heavy (non-hydrogen) atoms. The molecular formula is C23H25N3O4. The molecule has 7 heteroatoms. The van der Waals surface area contributed by atoms with Gasteiger partial charge < -0.3 is 15.7 Å². The maximum absolute atomic E-state index is 12.8. The molecule has 4 rings (SSSR count). The molecule has 1 amide bonds. The second-order valence-electron chi connectivity index (χ2n) is 7.85. The molecule has 7 nitrogen and oxygen atoms in total. The van der Waals surface area contributed by atoms with Gasteiger partial charge in [0.25, 0.3) is 11.6 Å². The van der Waals surface area contributed by atoms with Crippen molar-refractivity contribution in [1.82, 2.24) is 5.32 Å². The zero-order valence-corrected chi connectivity index (χ0v) is 16.8. The molecule has 0 saturated carbocycles. The Morgan fingerprint density at radius 2 is 2.13 bits per heavy atom. The van der Waals surface area contributed by atoms with E-state index in [0.29, 0.717) is 17.7 Å². The normalized spacial score (nSPS) is 21.4. The Morgan fingerprint density at radius 3 is 2.90 bits per heavy atom. The first-order chi connectivity index (χ1) is 14.5. The highest BCUT2D eigenvalue weighted by atomic mass is 16.6. The Balaban J connectivity index is 1.75. The molecule has 1 heterocycles. The van der Waals surface area contributed by atoms with Crippen LogP contribution in [0.2, 0.25) is 0 Å². The molecule has 0 radical (unpaired) electrons. The van der Waals surface area contributed by atoms with E-state index in [-0.39, 0.29) is 35.2 Å². The van der Waals surface area contributed by atoms with Crippen molar-refractivity contribution in [2.45, 2.75) is 38.1 Å². The van der Waals surface area contributed by atoms with Gasteiger partial charge in [0.15, 0.2) is 0 Å². The van der Waals surface area contributed by atoms with Gasteiger partial charge in [-0.1, -0.05) is 37.6 Å². The van der Waals surface area contributed by atoms with Crippen LogP contribution in [0.1, 0.15) is 59.6 Å². The fourth-order valence-electron chi connectivity index (χ4n) is 4.50. The third kappa shape index (κ3) is 3.51. The topological polar surface area (TPSA) is 104 Å². The van der Waals surface area contributed by atoms with Gasteiger partial charge in [0, 0.05) is 30.2 Å². The van der Waals surface area contributed by atoms with Crippen LogP contribution in [0.4, 0.5) is 11.4 Å². The Hall–Kier alpha value is -3.35. The lowest BCUT2D eigenvalue weighted by Gasteiger charge is -2.38. The molecule has 2 aromatic rings. The second-order valence-corrected chi connectivity index (χ2v) is 7.85. The number of hydrogen-bond acceptors (Lipinski definition) is 5. The summed E-state index contributed by atoms with van der Waals surface area (Å²) in [5.74, 6) is 0.0458. The van der Waals surface area contributed by atoms with E-state index in [0.717, 1.165) is 30.5 Å². The van der Waals surface area contributed by atoms with Crippen LogP contribution >= 0.6 is 0 Å². The molecule has 3 unspecified atom stereocenters. The molecular weight excluding hydrogens is 382 g/mol. The quantitative estimate of drug-likeness (QED) is 0.280. The number of benzene rings is 2. The number of nitro benzene ring substituents is 1. The summed E-state index contributed by atoms with van der Waals surface area (Å²) >= 11 is 0. The lowest BCUT2D eigenvalue weighted by Crippen LogP contribution is -2.32. The van der Waals surface area contributed by atoms with Crippen LogP contribution in [0.3, 0.4) is 0 Å². The Bertz CT molecular complexity index is 1020. The molecule has 3 N–H and O–H groups in total. The number of non-ortho nitro benzene ring substituents is 1. The number of hydrogen-bond donors (Lipinski definition) is 3. The largest absolute Gasteiger partial charge is 0.508 e. The molecule has 0 fully saturated rings. The number of carbonyl (C=O) groups excluding carboxylic acids is 1. The monoisotopic (exact) mass is 407 g/mol. The van der Waals surface area contributed by atoms with E-state index in [2.05, 4.69) is 29.7 Å². The average Bonchev–Trinajstić information content (AvgIpc) is 3.23. The van der Waals surface area contributed by atoms with Crippen LogP contribution in [0.25, 0.3) is 0 Å². The third-order valence-corrected chi connectivity index (χ3v) is 6.01. The third-order valence-electron chi connectivity index (χ3n) is 6.01. The van der Waals surface area contributed by atoms with E-state index in [1.165, 1.54) is 18.2 Å². The van der Waals surface area contributed by atoms with Crippen molar-refractivity contribution < 1.29 is 14.8 Å². The molecule has 1 aliphatic carbocycles. The highest BCUT2D eigenvalue weighted by molar-refractivity contribution is 6.00. The van der Waals surface area contributed by atoms with Gasteiger partial charge in [-0.15, -0.1) is 0 Å². The summed E-state index contributed by atoms with van der Waals surface area (Å²) in [6.07, 6.45) is 6.92. The summed E-state index contributed by atoms with van der Waals surface area (Å²) in [6.45, 7) is 2.68. The summed E-state index contributed by atoms with van der Waals surface area (Å²) in [6, 6.07) is 9.44. The Labute approximate surface area is 175 Å². The van der Waals surface area contributed by atoms with Gasteiger partial charge in [0.05, 0.1) is 22.2 Å². The van der Waals surface area contributed by atoms with Crippen LogP contribution < -0.4 is 10.6 Å². The first-order valence-electron chi connectivity index (χ1n) is 10.3. The predicted molar refractivity (Wildman–Crippen MR) is 115 cm³/mol. The van der Waals surface area contributed by atoms with Crippen molar-refractivity contribution in [3.05, 3.63) is 75.4 Å². The minimum absolute atomic E-state index is 0.0112. The summed E-state index contributed by atoms with van der Waals surface area (Å²) in [7, 11) is 0. The van der Waals surface area contributed by atoms with Gasteiger partial charge in [0.2, 0.25) is 0 Å². The van der Waals surface area contributed by atoms with Gasteiger partial charge in [-0.2, -0.15) is 0 Å². The van der Waals surface area contributed by atoms with Crippen LogP contribution in [0.5, 0.6) is 5.75 Å². The average molecular weight is 407 g/mol. The zero-order chi connectivity index (χ0) is 21.3. The Morgan fingerprint density at radius 1 is 1.30 bits per heavy atom. The number of amides is 1. The highest BCUT2D eigenvalue weighted by Crippen LogP contribution is 2.52. The van der Waals surface area contributed by atoms with E-state index in [9.17, 15) is 20.0 Å². The van der Waals surface area contributed by atoms with Crippen molar-refractivity contribution in [2.24, 2.45) is 5.92 Å². The van der Waals surface area contributed by atoms with Gasteiger partial charge in [0.1, 0.15) is 5.75 Å². The molecule has 1 aliphatic heterocycles. The smallest absolute Gasteiger partial charge is 0.270 e. The first kappa shape index (κ1) is 19.9. The van der Waals surface area contributed by atoms with Crippen molar-refractivity contribution in [3.63, 3.8) is 0 Å². The van der Waals surface area contributed by atoms with Crippen molar-refractivity contribution in [2.75, 3.05) is 11.9 Å². The van der Waals surface area contributed by atoms with Crippen LogP contribution in [-0.2, 0) is 0 Å². The SMILES string of the molecule is CCCCNC(=O)c1cccc2c1NC(c1cc([N+](=O)[O-])ccc1O)C1CC=CC21. The molecule has 2 aromatic carbocycles. The van der Waals surface area contributed by atoms with Gasteiger partial charge >= 0.3 is 0 Å². The number of aromatic hydroxyl groups is 1. The number of phenols is 1. The van der Waals surface area contributed by atoms with E-state index in [1.54, 1.807) is 6.07 Å². The predicted octanol–water partition coefficient (Wildman–Crippen LogP) is 4.66. The lowest BCUT2D eigenvalue weighted by atomic mass is 9.76. The summed E-state index contributed by atoms with van der Waals surface area (Å²) in [4.78, 5) is 23.6. The number of para-hydroxylation sites is 1. The van der Waals surface area contributed by atoms with E-state index >= 15 is 0 Å². The number of anilines is 1. The molecule has 2 aliphatic rings. The fraction of sp³-hybridized carbons (Fsp3) is 0.348. The maximum Gasteiger partial charge on any atom is 0.270 e. The maximum atomic E-state index is 12.8. The van der Waals surface area contributed by atoms with Crippen LogP contribution in [0, 0.1) is 16.0 Å². The lowest BCUT2D eigenvalue weighted by molar-refractivity contribution is -0.385. The highest BCUT2D eigenvalue weighted by Gasteiger charge is 2.40. The number of rotatable bonds is 6. The summed E-state index contributed by atoms with van der Waals surface area (Å²) < 4.78 is 0. The number of nitro groups is 1. The van der Waals surface area contributed by atoms with Gasteiger partial charge in [-0.3, -0.25) is 14.9 Å². The molecule has 156 valence electrons. The molecule has 0 aromatic heterocycles.